The first-order valence-corrected chi connectivity index (χ1v) is 5.94. The van der Waals surface area contributed by atoms with Gasteiger partial charge < -0.3 is 15.0 Å². The van der Waals surface area contributed by atoms with Crippen LogP contribution in [0, 0.1) is 0 Å². The van der Waals surface area contributed by atoms with Crippen LogP contribution in [0.4, 0.5) is 0 Å². The highest BCUT2D eigenvalue weighted by molar-refractivity contribution is 5.88. The van der Waals surface area contributed by atoms with Crippen LogP contribution < -0.4 is 10.1 Å². The molecule has 5 nitrogen and oxygen atoms in total. The maximum atomic E-state index is 12.1. The van der Waals surface area contributed by atoms with Gasteiger partial charge in [0.25, 0.3) is 5.91 Å². The van der Waals surface area contributed by atoms with Gasteiger partial charge in [0.1, 0.15) is 5.75 Å². The molecule has 1 aromatic carbocycles. The van der Waals surface area contributed by atoms with Crippen molar-refractivity contribution in [3.05, 3.63) is 30.3 Å². The van der Waals surface area contributed by atoms with Crippen LogP contribution in [0.25, 0.3) is 0 Å². The van der Waals surface area contributed by atoms with Crippen molar-refractivity contribution in [3.8, 4) is 5.75 Å². The smallest absolute Gasteiger partial charge is 0.263 e. The average Bonchev–Trinajstić information content (AvgIpc) is 2.39. The summed E-state index contributed by atoms with van der Waals surface area (Å²) in [5, 5.41) is 2.68. The van der Waals surface area contributed by atoms with E-state index in [9.17, 15) is 9.59 Å². The first kappa shape index (κ1) is 12.4. The Labute approximate surface area is 106 Å². The predicted molar refractivity (Wildman–Crippen MR) is 66.1 cm³/mol. The number of hydrogen-bond acceptors (Lipinski definition) is 3. The molecule has 1 heterocycles. The summed E-state index contributed by atoms with van der Waals surface area (Å²) >= 11 is 0. The van der Waals surface area contributed by atoms with E-state index in [1.54, 1.807) is 19.1 Å². The van der Waals surface area contributed by atoms with E-state index < -0.39 is 6.10 Å². The largest absolute Gasteiger partial charge is 0.481 e. The Balaban J connectivity index is 1.94. The minimum Gasteiger partial charge on any atom is -0.481 e. The van der Waals surface area contributed by atoms with Crippen LogP contribution in [0.3, 0.4) is 0 Å². The lowest BCUT2D eigenvalue weighted by Crippen LogP contribution is -2.53. The molecule has 0 saturated carbocycles. The molecule has 0 radical (unpaired) electrons. The van der Waals surface area contributed by atoms with E-state index in [-0.39, 0.29) is 18.4 Å². The maximum Gasteiger partial charge on any atom is 0.263 e. The Kier molecular flexibility index (Phi) is 3.82. The molecule has 0 spiro atoms. The lowest BCUT2D eigenvalue weighted by atomic mass is 10.2. The molecule has 1 N–H and O–H groups in total. The van der Waals surface area contributed by atoms with Crippen LogP contribution in [0.5, 0.6) is 5.75 Å². The number of nitrogens with zero attached hydrogens (tertiary/aromatic N) is 1. The first-order chi connectivity index (χ1) is 8.66. The zero-order chi connectivity index (χ0) is 13.0. The summed E-state index contributed by atoms with van der Waals surface area (Å²) in [6.45, 7) is 2.85. The topological polar surface area (TPSA) is 58.6 Å². The highest BCUT2D eigenvalue weighted by Crippen LogP contribution is 2.12. The van der Waals surface area contributed by atoms with E-state index in [0.29, 0.717) is 18.8 Å². The number of carbonyl (C=O) groups excluding carboxylic acids is 2. The van der Waals surface area contributed by atoms with Gasteiger partial charge in [0, 0.05) is 13.1 Å². The van der Waals surface area contributed by atoms with E-state index in [1.807, 2.05) is 18.2 Å². The molecule has 5 heteroatoms. The molecule has 1 aliphatic rings. The van der Waals surface area contributed by atoms with Crippen LogP contribution in [0.1, 0.15) is 6.92 Å². The number of piperazine rings is 1. The fraction of sp³-hybridized carbons (Fsp3) is 0.385. The molecule has 1 saturated heterocycles. The molecule has 0 bridgehead atoms. The molecular weight excluding hydrogens is 232 g/mol. The van der Waals surface area contributed by atoms with Crippen LogP contribution in [0.15, 0.2) is 30.3 Å². The summed E-state index contributed by atoms with van der Waals surface area (Å²) < 4.78 is 5.54. The number of ether oxygens (including phenoxy) is 1. The number of rotatable bonds is 3. The second-order valence-corrected chi connectivity index (χ2v) is 4.18. The molecule has 18 heavy (non-hydrogen) atoms. The number of para-hydroxylation sites is 1. The minimum atomic E-state index is -0.585. The van der Waals surface area contributed by atoms with Crippen molar-refractivity contribution in [2.45, 2.75) is 13.0 Å². The van der Waals surface area contributed by atoms with Crippen molar-refractivity contribution in [2.24, 2.45) is 0 Å². The second-order valence-electron chi connectivity index (χ2n) is 4.18. The fourth-order valence-electron chi connectivity index (χ4n) is 1.84. The fourth-order valence-corrected chi connectivity index (χ4v) is 1.84. The van der Waals surface area contributed by atoms with Gasteiger partial charge in [0.05, 0.1) is 6.54 Å². The van der Waals surface area contributed by atoms with Gasteiger partial charge in [-0.1, -0.05) is 18.2 Å². The van der Waals surface area contributed by atoms with Crippen molar-refractivity contribution in [1.29, 1.82) is 0 Å². The average molecular weight is 248 g/mol. The quantitative estimate of drug-likeness (QED) is 0.843. The molecule has 1 aromatic rings. The Morgan fingerprint density at radius 2 is 2.11 bits per heavy atom. The molecule has 2 rings (SSSR count). The number of benzene rings is 1. The van der Waals surface area contributed by atoms with Gasteiger partial charge in [-0.05, 0) is 19.1 Å². The molecule has 0 aliphatic carbocycles. The molecule has 1 atom stereocenters. The van der Waals surface area contributed by atoms with Crippen LogP contribution in [0.2, 0.25) is 0 Å². The van der Waals surface area contributed by atoms with Crippen molar-refractivity contribution in [1.82, 2.24) is 10.2 Å². The third-order valence-corrected chi connectivity index (χ3v) is 2.75. The Morgan fingerprint density at radius 3 is 2.78 bits per heavy atom. The van der Waals surface area contributed by atoms with E-state index in [4.69, 9.17) is 4.74 Å². The zero-order valence-corrected chi connectivity index (χ0v) is 10.3. The van der Waals surface area contributed by atoms with Gasteiger partial charge in [0.15, 0.2) is 6.10 Å². The summed E-state index contributed by atoms with van der Waals surface area (Å²) in [6, 6.07) is 9.18. The van der Waals surface area contributed by atoms with Gasteiger partial charge in [-0.15, -0.1) is 0 Å². The third-order valence-electron chi connectivity index (χ3n) is 2.75. The highest BCUT2D eigenvalue weighted by atomic mass is 16.5. The molecule has 1 unspecified atom stereocenters. The Morgan fingerprint density at radius 1 is 1.39 bits per heavy atom. The molecule has 96 valence electrons. The summed E-state index contributed by atoms with van der Waals surface area (Å²) in [5.74, 6) is 0.370. The lowest BCUT2D eigenvalue weighted by Gasteiger charge is -2.29. The van der Waals surface area contributed by atoms with Crippen LogP contribution >= 0.6 is 0 Å². The van der Waals surface area contributed by atoms with Crippen molar-refractivity contribution >= 4 is 11.8 Å². The number of amides is 2. The number of hydrogen-bond donors (Lipinski definition) is 1. The zero-order valence-electron chi connectivity index (χ0n) is 10.3. The van der Waals surface area contributed by atoms with Crippen molar-refractivity contribution in [3.63, 3.8) is 0 Å². The van der Waals surface area contributed by atoms with Crippen molar-refractivity contribution < 1.29 is 14.3 Å². The van der Waals surface area contributed by atoms with Crippen LogP contribution in [-0.2, 0) is 9.59 Å². The molecule has 0 aromatic heterocycles. The summed E-state index contributed by atoms with van der Waals surface area (Å²) in [7, 11) is 0. The van der Waals surface area contributed by atoms with E-state index in [1.165, 1.54) is 4.90 Å². The van der Waals surface area contributed by atoms with E-state index in [2.05, 4.69) is 5.32 Å². The van der Waals surface area contributed by atoms with Gasteiger partial charge in [-0.3, -0.25) is 9.59 Å². The third kappa shape index (κ3) is 3.00. The second kappa shape index (κ2) is 5.53. The predicted octanol–water partition coefficient (Wildman–Crippen LogP) is 0.412. The molecular formula is C13H16N2O3. The highest BCUT2D eigenvalue weighted by Gasteiger charge is 2.26. The monoisotopic (exact) mass is 248 g/mol. The van der Waals surface area contributed by atoms with Gasteiger partial charge in [-0.2, -0.15) is 0 Å². The van der Waals surface area contributed by atoms with Crippen LogP contribution in [-0.4, -0.2) is 42.5 Å². The van der Waals surface area contributed by atoms with Gasteiger partial charge in [-0.25, -0.2) is 0 Å². The Hall–Kier alpha value is -2.04. The first-order valence-electron chi connectivity index (χ1n) is 5.94. The molecule has 1 aliphatic heterocycles. The van der Waals surface area contributed by atoms with Gasteiger partial charge >= 0.3 is 0 Å². The number of carbonyl (C=O) groups is 2. The number of nitrogens with one attached hydrogen (secondary N) is 1. The Bertz CT molecular complexity index is 433. The minimum absolute atomic E-state index is 0.112. The summed E-state index contributed by atoms with van der Waals surface area (Å²) in [6.07, 6.45) is -0.585. The summed E-state index contributed by atoms with van der Waals surface area (Å²) in [4.78, 5) is 24.8. The molecule has 1 fully saturated rings. The van der Waals surface area contributed by atoms with E-state index in [0.717, 1.165) is 0 Å². The summed E-state index contributed by atoms with van der Waals surface area (Å²) in [5.41, 5.74) is 0. The normalized spacial score (nSPS) is 16.9. The molecule has 2 amide bonds. The lowest BCUT2D eigenvalue weighted by molar-refractivity contribution is -0.143. The van der Waals surface area contributed by atoms with Crippen molar-refractivity contribution in [2.75, 3.05) is 19.6 Å². The standard InChI is InChI=1S/C13H16N2O3/c1-10(18-11-5-3-2-4-6-11)13(17)15-8-7-14-12(16)9-15/h2-6,10H,7-9H2,1H3,(H,14,16). The maximum absolute atomic E-state index is 12.1. The SMILES string of the molecule is CC(Oc1ccccc1)C(=O)N1CCNC(=O)C1. The van der Waals surface area contributed by atoms with Gasteiger partial charge in [0.2, 0.25) is 5.91 Å². The van der Waals surface area contributed by atoms with E-state index >= 15 is 0 Å².